The van der Waals surface area contributed by atoms with Crippen molar-refractivity contribution in [3.8, 4) is 11.5 Å². The highest BCUT2D eigenvalue weighted by Gasteiger charge is 2.27. The van der Waals surface area contributed by atoms with E-state index < -0.39 is 0 Å². The number of hydrogen-bond acceptors (Lipinski definition) is 7. The van der Waals surface area contributed by atoms with Gasteiger partial charge in [0.05, 0.1) is 0 Å². The number of hydrogen-bond donors (Lipinski definition) is 3. The zero-order valence-electron chi connectivity index (χ0n) is 32.5. The summed E-state index contributed by atoms with van der Waals surface area (Å²) in [5, 5.41) is 13.4. The number of amides is 2. The molecule has 2 aromatic carbocycles. The predicted octanol–water partition coefficient (Wildman–Crippen LogP) is 9.24. The average Bonchev–Trinajstić information content (AvgIpc) is 3.66. The maximum Gasteiger partial charge on any atom is 0.410 e. The Morgan fingerprint density at radius 2 is 1.53 bits per heavy atom. The van der Waals surface area contributed by atoms with Crippen molar-refractivity contribution in [2.45, 2.75) is 137 Å². The summed E-state index contributed by atoms with van der Waals surface area (Å²) < 4.78 is 25.4. The maximum absolute atomic E-state index is 14.1. The molecule has 2 saturated heterocycles. The number of carbonyl (C=O) groups is 2. The van der Waals surface area contributed by atoms with Crippen molar-refractivity contribution in [1.29, 1.82) is 0 Å². The molecule has 4 N–H and O–H groups in total. The summed E-state index contributed by atoms with van der Waals surface area (Å²) >= 11 is 0. The Morgan fingerprint density at radius 1 is 0.902 bits per heavy atom. The highest BCUT2D eigenvalue weighted by Crippen LogP contribution is 2.37. The standard InChI is InChI=1S/C28H36FN3O3.C9H17NO2.2C2H6/c1-19(30)17-31-18-20-13-23(29)16-25(14-20)35-24-9-11-32(12-10-24)28(34)22-7-8-27(33)26(15-22)21-5-3-2-4-6-21;1-9(2,3)12-8(11)10-6-4-5-7-10;2*1-2/h7-8,13-17,21,24,31,33H,2-6,9-12,18,30H2,1H3;4-7H2,1-3H3;2*1-2H3/b19-17-;;;. The van der Waals surface area contributed by atoms with E-state index in [9.17, 15) is 19.1 Å². The van der Waals surface area contributed by atoms with Gasteiger partial charge in [-0.25, -0.2) is 9.18 Å². The Bertz CT molecular complexity index is 1370. The number of aromatic hydroxyl groups is 1. The third-order valence-corrected chi connectivity index (χ3v) is 8.68. The topological polar surface area (TPSA) is 117 Å². The van der Waals surface area contributed by atoms with Gasteiger partial charge in [0.25, 0.3) is 5.91 Å². The summed E-state index contributed by atoms with van der Waals surface area (Å²) in [5.41, 5.74) is 8.21. The number of piperidine rings is 1. The van der Waals surface area contributed by atoms with Crippen LogP contribution in [0.3, 0.4) is 0 Å². The van der Waals surface area contributed by atoms with Crippen LogP contribution in [0.4, 0.5) is 9.18 Å². The third kappa shape index (κ3) is 15.1. The number of nitrogens with two attached hydrogens (primary N) is 1. The summed E-state index contributed by atoms with van der Waals surface area (Å²) in [6, 6.07) is 9.97. The minimum absolute atomic E-state index is 0.0112. The number of likely N-dealkylation sites (tertiary alicyclic amines) is 2. The van der Waals surface area contributed by atoms with E-state index in [4.69, 9.17) is 15.2 Å². The Labute approximate surface area is 306 Å². The lowest BCUT2D eigenvalue weighted by molar-refractivity contribution is 0.0294. The van der Waals surface area contributed by atoms with E-state index in [2.05, 4.69) is 5.32 Å². The molecule has 2 aromatic rings. The quantitative estimate of drug-likeness (QED) is 0.262. The van der Waals surface area contributed by atoms with E-state index in [0.29, 0.717) is 61.2 Å². The van der Waals surface area contributed by atoms with Gasteiger partial charge in [0.15, 0.2) is 0 Å². The van der Waals surface area contributed by atoms with Crippen LogP contribution in [0.5, 0.6) is 11.5 Å². The molecule has 5 rings (SSSR count). The van der Waals surface area contributed by atoms with Crippen molar-refractivity contribution in [3.63, 3.8) is 0 Å². The number of phenolic OH excluding ortho intramolecular Hbond substituents is 1. The van der Waals surface area contributed by atoms with Gasteiger partial charge in [0.2, 0.25) is 0 Å². The molecule has 10 heteroatoms. The average molecular weight is 713 g/mol. The molecule has 2 amide bonds. The van der Waals surface area contributed by atoms with Crippen LogP contribution in [-0.2, 0) is 11.3 Å². The molecule has 0 atom stereocenters. The number of allylic oxidation sites excluding steroid dienone is 1. The Kier molecular flexibility index (Phi) is 18.7. The van der Waals surface area contributed by atoms with E-state index in [1.54, 1.807) is 30.2 Å². The fourth-order valence-electron chi connectivity index (χ4n) is 6.33. The van der Waals surface area contributed by atoms with Crippen LogP contribution in [0.2, 0.25) is 0 Å². The highest BCUT2D eigenvalue weighted by atomic mass is 19.1. The fourth-order valence-corrected chi connectivity index (χ4v) is 6.33. The number of benzene rings is 2. The first-order valence-corrected chi connectivity index (χ1v) is 19.1. The molecule has 3 fully saturated rings. The smallest absolute Gasteiger partial charge is 0.410 e. The second-order valence-corrected chi connectivity index (χ2v) is 14.0. The van der Waals surface area contributed by atoms with Crippen molar-refractivity contribution in [1.82, 2.24) is 15.1 Å². The molecule has 0 bridgehead atoms. The van der Waals surface area contributed by atoms with Gasteiger partial charge in [-0.2, -0.15) is 0 Å². The van der Waals surface area contributed by atoms with E-state index in [1.165, 1.54) is 31.4 Å². The number of phenols is 1. The maximum atomic E-state index is 14.1. The van der Waals surface area contributed by atoms with Gasteiger partial charge in [-0.1, -0.05) is 47.0 Å². The number of ether oxygens (including phenoxy) is 2. The Balaban J connectivity index is 0.000000472. The summed E-state index contributed by atoms with van der Waals surface area (Å²) in [7, 11) is 0. The zero-order valence-corrected chi connectivity index (χ0v) is 32.5. The van der Waals surface area contributed by atoms with Crippen molar-refractivity contribution in [2.75, 3.05) is 26.2 Å². The molecule has 0 spiro atoms. The lowest BCUT2D eigenvalue weighted by Gasteiger charge is -2.32. The summed E-state index contributed by atoms with van der Waals surface area (Å²) in [6.45, 7) is 18.8. The zero-order chi connectivity index (χ0) is 38.0. The van der Waals surface area contributed by atoms with Crippen molar-refractivity contribution in [2.24, 2.45) is 5.73 Å². The van der Waals surface area contributed by atoms with Crippen LogP contribution in [0.25, 0.3) is 0 Å². The molecule has 2 aliphatic heterocycles. The molecule has 51 heavy (non-hydrogen) atoms. The third-order valence-electron chi connectivity index (χ3n) is 8.68. The van der Waals surface area contributed by atoms with Crippen molar-refractivity contribution in [3.05, 3.63) is 70.8 Å². The van der Waals surface area contributed by atoms with Crippen LogP contribution in [-0.4, -0.2) is 64.8 Å². The summed E-state index contributed by atoms with van der Waals surface area (Å²) in [5.74, 6) is 0.761. The van der Waals surface area contributed by atoms with E-state index in [0.717, 1.165) is 49.9 Å². The van der Waals surface area contributed by atoms with Gasteiger partial charge >= 0.3 is 6.09 Å². The fraction of sp³-hybridized carbons (Fsp3) is 0.610. The highest BCUT2D eigenvalue weighted by molar-refractivity contribution is 5.94. The number of nitrogens with one attached hydrogen (secondary N) is 1. The molecular weight excluding hydrogens is 647 g/mol. The lowest BCUT2D eigenvalue weighted by atomic mass is 9.83. The summed E-state index contributed by atoms with van der Waals surface area (Å²) in [4.78, 5) is 28.2. The second-order valence-electron chi connectivity index (χ2n) is 14.0. The molecule has 2 heterocycles. The molecule has 1 saturated carbocycles. The van der Waals surface area contributed by atoms with Gasteiger partial charge in [-0.05, 0) is 101 Å². The molecule has 0 aromatic heterocycles. The number of nitrogens with zero attached hydrogens (tertiary/aromatic N) is 2. The molecular formula is C41H65FN4O5. The van der Waals surface area contributed by atoms with E-state index >= 15 is 0 Å². The molecule has 0 unspecified atom stereocenters. The van der Waals surface area contributed by atoms with Crippen LogP contribution in [0.1, 0.15) is 141 Å². The number of halogens is 1. The predicted molar refractivity (Wildman–Crippen MR) is 204 cm³/mol. The molecule has 0 radical (unpaired) electrons. The van der Waals surface area contributed by atoms with Gasteiger partial charge in [0.1, 0.15) is 29.0 Å². The van der Waals surface area contributed by atoms with Gasteiger partial charge in [-0.15, -0.1) is 0 Å². The Hall–Kier alpha value is -3.95. The van der Waals surface area contributed by atoms with E-state index in [1.807, 2.05) is 65.5 Å². The first-order valence-electron chi connectivity index (χ1n) is 19.1. The first kappa shape index (κ1) is 43.2. The molecule has 3 aliphatic rings. The van der Waals surface area contributed by atoms with Crippen molar-refractivity contribution < 1.29 is 28.6 Å². The summed E-state index contributed by atoms with van der Waals surface area (Å²) in [6.07, 6.45) is 10.7. The number of carbonyl (C=O) groups excluding carboxylic acids is 2. The molecule has 286 valence electrons. The lowest BCUT2D eigenvalue weighted by Crippen LogP contribution is -2.41. The Morgan fingerprint density at radius 3 is 2.12 bits per heavy atom. The monoisotopic (exact) mass is 712 g/mol. The van der Waals surface area contributed by atoms with Gasteiger partial charge in [-0.3, -0.25) is 4.79 Å². The normalized spacial score (nSPS) is 16.8. The second kappa shape index (κ2) is 22.1. The first-order chi connectivity index (χ1) is 24.4. The minimum Gasteiger partial charge on any atom is -0.508 e. The van der Waals surface area contributed by atoms with Crippen LogP contribution < -0.4 is 15.8 Å². The largest absolute Gasteiger partial charge is 0.508 e. The van der Waals surface area contributed by atoms with Crippen LogP contribution in [0, 0.1) is 5.82 Å². The van der Waals surface area contributed by atoms with Crippen LogP contribution in [0.15, 0.2) is 48.3 Å². The minimum atomic E-state index is -0.361. The molecule has 1 aliphatic carbocycles. The number of rotatable bonds is 7. The van der Waals surface area contributed by atoms with Gasteiger partial charge < -0.3 is 35.4 Å². The van der Waals surface area contributed by atoms with Crippen LogP contribution >= 0.6 is 0 Å². The molecule has 9 nitrogen and oxygen atoms in total. The van der Waals surface area contributed by atoms with Crippen molar-refractivity contribution >= 4 is 12.0 Å². The van der Waals surface area contributed by atoms with Gasteiger partial charge in [0, 0.05) is 69.1 Å². The van der Waals surface area contributed by atoms with E-state index in [-0.39, 0.29) is 29.5 Å². The SMILES string of the molecule is C/C(N)=C/NCc1cc(F)cc(OC2CCN(C(=O)c3ccc(O)c(C4CCCCC4)c3)CC2)c1.CC.CC.CC(C)(C)OC(=O)N1CCCC1.